The summed E-state index contributed by atoms with van der Waals surface area (Å²) in [5.41, 5.74) is 0.677. The van der Waals surface area contributed by atoms with Gasteiger partial charge in [-0.2, -0.15) is 0 Å². The Balaban J connectivity index is 1.67. The summed E-state index contributed by atoms with van der Waals surface area (Å²) in [7, 11) is 0. The maximum absolute atomic E-state index is 12.4. The number of rotatable bonds is 5. The van der Waals surface area contributed by atoms with E-state index < -0.39 is 0 Å². The molecular formula is C18H22ClN3O2S. The average Bonchev–Trinajstić information content (AvgIpc) is 3.10. The average molecular weight is 380 g/mol. The molecule has 1 fully saturated rings. The highest BCUT2D eigenvalue weighted by Gasteiger charge is 2.29. The molecule has 0 radical (unpaired) electrons. The maximum Gasteiger partial charge on any atom is 0.319 e. The van der Waals surface area contributed by atoms with Crippen LogP contribution in [0.3, 0.4) is 0 Å². The van der Waals surface area contributed by atoms with Gasteiger partial charge in [-0.05, 0) is 36.6 Å². The number of nitrogens with zero attached hydrogens (tertiary/aromatic N) is 1. The summed E-state index contributed by atoms with van der Waals surface area (Å²) in [6.45, 7) is 5.22. The summed E-state index contributed by atoms with van der Waals surface area (Å²) in [5, 5.41) is 8.57. The first kappa shape index (κ1) is 18.2. The van der Waals surface area contributed by atoms with E-state index >= 15 is 0 Å². The van der Waals surface area contributed by atoms with E-state index in [-0.39, 0.29) is 18.1 Å². The zero-order chi connectivity index (χ0) is 17.6. The molecule has 1 saturated heterocycles. The van der Waals surface area contributed by atoms with Crippen LogP contribution in [0.2, 0.25) is 5.02 Å². The fraction of sp³-hybridized carbons (Fsp3) is 0.389. The number of ether oxygens (including phenoxy) is 1. The number of morpholine rings is 1. The molecule has 7 heteroatoms. The lowest BCUT2D eigenvalue weighted by atomic mass is 10.1. The van der Waals surface area contributed by atoms with Gasteiger partial charge in [0.2, 0.25) is 0 Å². The third-order valence-electron chi connectivity index (χ3n) is 4.19. The van der Waals surface area contributed by atoms with Gasteiger partial charge in [0.1, 0.15) is 0 Å². The fourth-order valence-electron chi connectivity index (χ4n) is 3.08. The van der Waals surface area contributed by atoms with Gasteiger partial charge in [-0.3, -0.25) is 4.90 Å². The molecule has 2 aromatic rings. The van der Waals surface area contributed by atoms with Crippen LogP contribution < -0.4 is 10.6 Å². The Labute approximate surface area is 156 Å². The van der Waals surface area contributed by atoms with Crippen molar-refractivity contribution in [2.24, 2.45) is 0 Å². The zero-order valence-electron chi connectivity index (χ0n) is 14.1. The van der Waals surface area contributed by atoms with E-state index in [1.54, 1.807) is 23.5 Å². The Morgan fingerprint density at radius 2 is 2.08 bits per heavy atom. The van der Waals surface area contributed by atoms with E-state index in [4.69, 9.17) is 16.3 Å². The minimum absolute atomic E-state index is 0.0454. The number of thiophene rings is 1. The fourth-order valence-corrected chi connectivity index (χ4v) is 4.23. The SMILES string of the molecule is C[C@@H](NC(=O)Nc1cccc(Cl)c1)[C@@H](c1cccs1)N1CCOCC1. The molecule has 3 rings (SSSR count). The topological polar surface area (TPSA) is 53.6 Å². The van der Waals surface area contributed by atoms with Crippen LogP contribution >= 0.6 is 22.9 Å². The van der Waals surface area contributed by atoms with E-state index in [0.29, 0.717) is 10.7 Å². The van der Waals surface area contributed by atoms with Gasteiger partial charge in [0, 0.05) is 34.7 Å². The normalized spacial score (nSPS) is 17.7. The number of hydrogen-bond acceptors (Lipinski definition) is 4. The summed E-state index contributed by atoms with van der Waals surface area (Å²) in [6.07, 6.45) is 0. The van der Waals surface area contributed by atoms with Crippen molar-refractivity contribution in [3.05, 3.63) is 51.7 Å². The molecule has 25 heavy (non-hydrogen) atoms. The number of carbonyl (C=O) groups is 1. The molecule has 1 aliphatic rings. The van der Waals surface area contributed by atoms with E-state index in [9.17, 15) is 4.79 Å². The minimum Gasteiger partial charge on any atom is -0.379 e. The van der Waals surface area contributed by atoms with Gasteiger partial charge in [0.15, 0.2) is 0 Å². The minimum atomic E-state index is -0.232. The van der Waals surface area contributed by atoms with Crippen LogP contribution in [-0.2, 0) is 4.74 Å². The second-order valence-electron chi connectivity index (χ2n) is 6.01. The van der Waals surface area contributed by atoms with Gasteiger partial charge in [-0.15, -0.1) is 11.3 Å². The Morgan fingerprint density at radius 3 is 2.76 bits per heavy atom. The third-order valence-corrected chi connectivity index (χ3v) is 5.37. The van der Waals surface area contributed by atoms with Crippen LogP contribution in [0.5, 0.6) is 0 Å². The summed E-state index contributed by atoms with van der Waals surface area (Å²) in [5.74, 6) is 0. The first-order valence-electron chi connectivity index (χ1n) is 8.32. The number of amides is 2. The van der Waals surface area contributed by atoms with Gasteiger partial charge >= 0.3 is 6.03 Å². The molecular weight excluding hydrogens is 358 g/mol. The van der Waals surface area contributed by atoms with Crippen molar-refractivity contribution in [2.45, 2.75) is 19.0 Å². The monoisotopic (exact) mass is 379 g/mol. The summed E-state index contributed by atoms with van der Waals surface area (Å²) < 4.78 is 5.47. The molecule has 0 spiro atoms. The molecule has 0 aliphatic carbocycles. The molecule has 1 aromatic heterocycles. The number of urea groups is 1. The highest BCUT2D eigenvalue weighted by atomic mass is 35.5. The Bertz CT molecular complexity index is 689. The smallest absolute Gasteiger partial charge is 0.319 e. The summed E-state index contributed by atoms with van der Waals surface area (Å²) >= 11 is 7.68. The number of halogens is 1. The molecule has 1 aliphatic heterocycles. The molecule has 5 nitrogen and oxygen atoms in total. The highest BCUT2D eigenvalue weighted by molar-refractivity contribution is 7.10. The molecule has 2 heterocycles. The quantitative estimate of drug-likeness (QED) is 0.826. The van der Waals surface area contributed by atoms with E-state index in [0.717, 1.165) is 26.3 Å². The molecule has 0 saturated carbocycles. The molecule has 0 unspecified atom stereocenters. The first-order chi connectivity index (χ1) is 12.1. The van der Waals surface area contributed by atoms with Crippen LogP contribution in [0.25, 0.3) is 0 Å². The van der Waals surface area contributed by atoms with E-state index in [2.05, 4.69) is 27.0 Å². The van der Waals surface area contributed by atoms with Gasteiger partial charge < -0.3 is 15.4 Å². The lowest BCUT2D eigenvalue weighted by molar-refractivity contribution is 0.0106. The van der Waals surface area contributed by atoms with Crippen LogP contribution in [0, 0.1) is 0 Å². The van der Waals surface area contributed by atoms with Crippen molar-refractivity contribution in [1.29, 1.82) is 0 Å². The number of benzene rings is 1. The van der Waals surface area contributed by atoms with Crippen molar-refractivity contribution in [2.75, 3.05) is 31.6 Å². The zero-order valence-corrected chi connectivity index (χ0v) is 15.6. The van der Waals surface area contributed by atoms with E-state index in [1.807, 2.05) is 25.1 Å². The molecule has 2 amide bonds. The number of anilines is 1. The first-order valence-corrected chi connectivity index (χ1v) is 9.57. The molecule has 1 aromatic carbocycles. The van der Waals surface area contributed by atoms with Gasteiger partial charge in [0.25, 0.3) is 0 Å². The third kappa shape index (κ3) is 4.95. The van der Waals surface area contributed by atoms with Crippen molar-refractivity contribution in [3.63, 3.8) is 0 Å². The Morgan fingerprint density at radius 1 is 1.28 bits per heavy atom. The number of hydrogen-bond donors (Lipinski definition) is 2. The number of carbonyl (C=O) groups excluding carboxylic acids is 1. The van der Waals surface area contributed by atoms with E-state index in [1.165, 1.54) is 4.88 Å². The Kier molecular flexibility index (Phi) is 6.31. The predicted molar refractivity (Wildman–Crippen MR) is 103 cm³/mol. The van der Waals surface area contributed by atoms with Crippen molar-refractivity contribution in [3.8, 4) is 0 Å². The van der Waals surface area contributed by atoms with Crippen molar-refractivity contribution >= 4 is 34.7 Å². The second-order valence-corrected chi connectivity index (χ2v) is 7.42. The Hall–Kier alpha value is -1.60. The lowest BCUT2D eigenvalue weighted by Gasteiger charge is -2.37. The molecule has 2 N–H and O–H groups in total. The van der Waals surface area contributed by atoms with Crippen LogP contribution in [0.1, 0.15) is 17.8 Å². The van der Waals surface area contributed by atoms with Crippen molar-refractivity contribution in [1.82, 2.24) is 10.2 Å². The van der Waals surface area contributed by atoms with Crippen molar-refractivity contribution < 1.29 is 9.53 Å². The molecule has 2 atom stereocenters. The lowest BCUT2D eigenvalue weighted by Crippen LogP contribution is -2.49. The maximum atomic E-state index is 12.4. The highest BCUT2D eigenvalue weighted by Crippen LogP contribution is 2.29. The molecule has 134 valence electrons. The van der Waals surface area contributed by atoms with Crippen LogP contribution in [0.15, 0.2) is 41.8 Å². The van der Waals surface area contributed by atoms with Gasteiger partial charge in [0.05, 0.1) is 19.3 Å². The standard InChI is InChI=1S/C18H22ClN3O2S/c1-13(20-18(23)21-15-5-2-4-14(19)12-15)17(16-6-3-11-25-16)22-7-9-24-10-8-22/h2-6,11-13,17H,7-10H2,1H3,(H2,20,21,23)/t13-,17+/m1/s1. The largest absolute Gasteiger partial charge is 0.379 e. The van der Waals surface area contributed by atoms with Crippen LogP contribution in [-0.4, -0.2) is 43.3 Å². The van der Waals surface area contributed by atoms with Gasteiger partial charge in [-0.25, -0.2) is 4.79 Å². The molecule has 0 bridgehead atoms. The van der Waals surface area contributed by atoms with Gasteiger partial charge in [-0.1, -0.05) is 23.7 Å². The summed E-state index contributed by atoms with van der Waals surface area (Å²) in [6, 6.07) is 11.2. The predicted octanol–water partition coefficient (Wildman–Crippen LogP) is 3.99. The summed E-state index contributed by atoms with van der Waals surface area (Å²) in [4.78, 5) is 16.0. The number of nitrogens with one attached hydrogen (secondary N) is 2. The van der Waals surface area contributed by atoms with Crippen LogP contribution in [0.4, 0.5) is 10.5 Å². The second kappa shape index (κ2) is 8.67.